The van der Waals surface area contributed by atoms with Crippen molar-refractivity contribution in [3.05, 3.63) is 46.8 Å². The van der Waals surface area contributed by atoms with Crippen LogP contribution in [0.5, 0.6) is 0 Å². The number of Topliss-reactive ketones (excluding diaryl/α,β-unsaturated/α-hetero) is 1. The summed E-state index contributed by atoms with van der Waals surface area (Å²) in [4.78, 5) is 34.9. The molecular formula is C21H24ClFO4. The standard InChI is InChI=1S/C21H24ClFO4/c22-18-13-15(23)9-10-17(18)20(25)12-8-14-7-11-19(24)16(14)5-3-1-2-4-6-21(26)27/h8-10,12-14,16H,1-7,11H2,(H,26,27). The van der Waals surface area contributed by atoms with Crippen LogP contribution >= 0.6 is 11.6 Å². The van der Waals surface area contributed by atoms with Crippen LogP contribution in [0.4, 0.5) is 4.39 Å². The fraction of sp³-hybridized carbons (Fsp3) is 0.476. The smallest absolute Gasteiger partial charge is 0.303 e. The zero-order valence-corrected chi connectivity index (χ0v) is 15.9. The van der Waals surface area contributed by atoms with Gasteiger partial charge in [-0.05, 0) is 49.5 Å². The summed E-state index contributed by atoms with van der Waals surface area (Å²) >= 11 is 5.92. The van der Waals surface area contributed by atoms with Gasteiger partial charge >= 0.3 is 5.97 Å². The van der Waals surface area contributed by atoms with Gasteiger partial charge in [0.05, 0.1) is 5.02 Å². The lowest BCUT2D eigenvalue weighted by Gasteiger charge is -2.14. The number of carboxylic acids is 1. The average Bonchev–Trinajstić information content (AvgIpc) is 2.95. The number of benzene rings is 1. The summed E-state index contributed by atoms with van der Waals surface area (Å²) in [5.74, 6) is -1.41. The first kappa shape index (κ1) is 21.3. The van der Waals surface area contributed by atoms with E-state index in [1.54, 1.807) is 6.08 Å². The molecule has 0 aromatic heterocycles. The number of carbonyl (C=O) groups excluding carboxylic acids is 2. The molecule has 27 heavy (non-hydrogen) atoms. The van der Waals surface area contributed by atoms with Crippen molar-refractivity contribution < 1.29 is 23.9 Å². The number of carbonyl (C=O) groups is 3. The fourth-order valence-electron chi connectivity index (χ4n) is 3.52. The number of aliphatic carboxylic acids is 1. The van der Waals surface area contributed by atoms with Gasteiger partial charge in [-0.1, -0.05) is 36.9 Å². The minimum atomic E-state index is -0.780. The van der Waals surface area contributed by atoms with Gasteiger partial charge in [-0.3, -0.25) is 14.4 Å². The van der Waals surface area contributed by atoms with Crippen molar-refractivity contribution in [3.8, 4) is 0 Å². The van der Waals surface area contributed by atoms with Gasteiger partial charge < -0.3 is 5.11 Å². The van der Waals surface area contributed by atoms with Gasteiger partial charge in [-0.2, -0.15) is 0 Å². The molecule has 0 saturated heterocycles. The predicted molar refractivity (Wildman–Crippen MR) is 101 cm³/mol. The van der Waals surface area contributed by atoms with Crippen LogP contribution in [0.3, 0.4) is 0 Å². The van der Waals surface area contributed by atoms with Gasteiger partial charge in [0.25, 0.3) is 0 Å². The first-order valence-corrected chi connectivity index (χ1v) is 9.68. The Morgan fingerprint density at radius 3 is 2.67 bits per heavy atom. The number of halogens is 2. The molecule has 2 rings (SSSR count). The van der Waals surface area contributed by atoms with Gasteiger partial charge in [0.15, 0.2) is 5.78 Å². The average molecular weight is 395 g/mol. The molecule has 0 aliphatic heterocycles. The number of ketones is 2. The van der Waals surface area contributed by atoms with Crippen LogP contribution < -0.4 is 0 Å². The number of hydrogen-bond donors (Lipinski definition) is 1. The van der Waals surface area contributed by atoms with E-state index in [2.05, 4.69) is 0 Å². The van der Waals surface area contributed by atoms with Crippen LogP contribution in [0.15, 0.2) is 30.4 Å². The summed E-state index contributed by atoms with van der Waals surface area (Å²) in [6.07, 6.45) is 8.67. The van der Waals surface area contributed by atoms with E-state index >= 15 is 0 Å². The normalized spacial score (nSPS) is 19.7. The van der Waals surface area contributed by atoms with Crippen molar-refractivity contribution in [3.63, 3.8) is 0 Å². The topological polar surface area (TPSA) is 71.4 Å². The molecule has 0 amide bonds. The molecule has 0 radical (unpaired) electrons. The zero-order valence-electron chi connectivity index (χ0n) is 15.1. The highest BCUT2D eigenvalue weighted by Gasteiger charge is 2.32. The highest BCUT2D eigenvalue weighted by Crippen LogP contribution is 2.34. The predicted octanol–water partition coefficient (Wildman–Crippen LogP) is 5.24. The monoisotopic (exact) mass is 394 g/mol. The van der Waals surface area contributed by atoms with Crippen LogP contribution in [0.2, 0.25) is 5.02 Å². The number of allylic oxidation sites excluding steroid dienone is 2. The van der Waals surface area contributed by atoms with Gasteiger partial charge in [0.2, 0.25) is 0 Å². The third-order valence-corrected chi connectivity index (χ3v) is 5.31. The van der Waals surface area contributed by atoms with Crippen LogP contribution in [-0.4, -0.2) is 22.6 Å². The Labute approximate surface area is 163 Å². The molecule has 0 spiro atoms. The second-order valence-electron chi connectivity index (χ2n) is 6.97. The SMILES string of the molecule is O=C(O)CCCCCCC1C(=O)CCC1C=CC(=O)c1ccc(F)cc1Cl. The number of carboxylic acid groups (broad SMARTS) is 1. The van der Waals surface area contributed by atoms with Crippen molar-refractivity contribution in [2.45, 2.75) is 51.4 Å². The lowest BCUT2D eigenvalue weighted by Crippen LogP contribution is -2.13. The molecule has 146 valence electrons. The zero-order chi connectivity index (χ0) is 19.8. The van der Waals surface area contributed by atoms with Crippen molar-refractivity contribution >= 4 is 29.1 Å². The minimum Gasteiger partial charge on any atom is -0.481 e. The Hall–Kier alpha value is -2.01. The van der Waals surface area contributed by atoms with Gasteiger partial charge in [-0.25, -0.2) is 4.39 Å². The molecule has 1 saturated carbocycles. The summed E-state index contributed by atoms with van der Waals surface area (Å²) in [5, 5.41) is 8.70. The maximum atomic E-state index is 13.1. The van der Waals surface area contributed by atoms with Gasteiger partial charge in [0, 0.05) is 24.3 Å². The molecule has 4 nitrogen and oxygen atoms in total. The molecular weight excluding hydrogens is 371 g/mol. The molecule has 1 aliphatic carbocycles. The Bertz CT molecular complexity index is 729. The Balaban J connectivity index is 1.86. The minimum absolute atomic E-state index is 0.0275. The second kappa shape index (κ2) is 10.4. The molecule has 2 unspecified atom stereocenters. The van der Waals surface area contributed by atoms with Crippen molar-refractivity contribution in [2.75, 3.05) is 0 Å². The summed E-state index contributed by atoms with van der Waals surface area (Å²) in [5.41, 5.74) is 0.244. The Morgan fingerprint density at radius 2 is 1.96 bits per heavy atom. The highest BCUT2D eigenvalue weighted by atomic mass is 35.5. The molecule has 1 fully saturated rings. The van der Waals surface area contributed by atoms with E-state index in [4.69, 9.17) is 16.7 Å². The Morgan fingerprint density at radius 1 is 1.22 bits per heavy atom. The largest absolute Gasteiger partial charge is 0.481 e. The van der Waals surface area contributed by atoms with Gasteiger partial charge in [0.1, 0.15) is 11.6 Å². The third kappa shape index (κ3) is 6.58. The number of hydrogen-bond acceptors (Lipinski definition) is 3. The maximum Gasteiger partial charge on any atom is 0.303 e. The van der Waals surface area contributed by atoms with Crippen LogP contribution in [0, 0.1) is 17.7 Å². The van der Waals surface area contributed by atoms with Crippen LogP contribution in [0.25, 0.3) is 0 Å². The molecule has 0 heterocycles. The summed E-state index contributed by atoms with van der Waals surface area (Å²) < 4.78 is 13.1. The summed E-state index contributed by atoms with van der Waals surface area (Å²) in [6.45, 7) is 0. The van der Waals surface area contributed by atoms with Crippen molar-refractivity contribution in [1.82, 2.24) is 0 Å². The van der Waals surface area contributed by atoms with Crippen molar-refractivity contribution in [1.29, 1.82) is 0 Å². The molecule has 1 N–H and O–H groups in total. The first-order chi connectivity index (χ1) is 12.9. The lowest BCUT2D eigenvalue weighted by molar-refractivity contribution is -0.137. The van der Waals surface area contributed by atoms with E-state index in [0.29, 0.717) is 12.8 Å². The summed E-state index contributed by atoms with van der Waals surface area (Å²) in [6, 6.07) is 3.66. The third-order valence-electron chi connectivity index (χ3n) is 5.00. The molecule has 6 heteroatoms. The van der Waals surface area contributed by atoms with E-state index < -0.39 is 11.8 Å². The quantitative estimate of drug-likeness (QED) is 0.334. The fourth-order valence-corrected chi connectivity index (χ4v) is 3.78. The van der Waals surface area contributed by atoms with E-state index in [1.165, 1.54) is 18.2 Å². The molecule has 2 atom stereocenters. The lowest BCUT2D eigenvalue weighted by atomic mass is 9.89. The second-order valence-corrected chi connectivity index (χ2v) is 7.38. The van der Waals surface area contributed by atoms with E-state index in [1.807, 2.05) is 0 Å². The van der Waals surface area contributed by atoms with E-state index in [-0.39, 0.29) is 40.4 Å². The maximum absolute atomic E-state index is 13.1. The van der Waals surface area contributed by atoms with Crippen LogP contribution in [-0.2, 0) is 9.59 Å². The molecule has 1 aromatic carbocycles. The Kier molecular flexibility index (Phi) is 8.17. The molecule has 1 aromatic rings. The van der Waals surface area contributed by atoms with E-state index in [0.717, 1.165) is 38.2 Å². The summed E-state index contributed by atoms with van der Waals surface area (Å²) in [7, 11) is 0. The van der Waals surface area contributed by atoms with Crippen molar-refractivity contribution in [2.24, 2.45) is 11.8 Å². The highest BCUT2D eigenvalue weighted by molar-refractivity contribution is 6.34. The van der Waals surface area contributed by atoms with E-state index in [9.17, 15) is 18.8 Å². The molecule has 1 aliphatic rings. The number of unbranched alkanes of at least 4 members (excludes halogenated alkanes) is 3. The molecule has 0 bridgehead atoms. The first-order valence-electron chi connectivity index (χ1n) is 9.30. The van der Waals surface area contributed by atoms with Crippen LogP contribution in [0.1, 0.15) is 61.7 Å². The van der Waals surface area contributed by atoms with Gasteiger partial charge in [-0.15, -0.1) is 0 Å². The number of rotatable bonds is 10.